The van der Waals surface area contributed by atoms with E-state index in [9.17, 15) is 4.79 Å². The van der Waals surface area contributed by atoms with Gasteiger partial charge in [-0.15, -0.1) is 0 Å². The summed E-state index contributed by atoms with van der Waals surface area (Å²) in [7, 11) is 1.60. The van der Waals surface area contributed by atoms with E-state index in [-0.39, 0.29) is 12.3 Å². The van der Waals surface area contributed by atoms with E-state index in [0.29, 0.717) is 11.5 Å². The summed E-state index contributed by atoms with van der Waals surface area (Å²) in [4.78, 5) is 15.8. The van der Waals surface area contributed by atoms with Gasteiger partial charge >= 0.3 is 0 Å². The molecule has 0 saturated heterocycles. The summed E-state index contributed by atoms with van der Waals surface area (Å²) < 4.78 is 10.9. The lowest BCUT2D eigenvalue weighted by Gasteiger charge is -2.03. The maximum atomic E-state index is 11.4. The van der Waals surface area contributed by atoms with E-state index in [0.717, 1.165) is 16.9 Å². The third kappa shape index (κ3) is 3.28. The van der Waals surface area contributed by atoms with Gasteiger partial charge in [0, 0.05) is 11.1 Å². The quantitative estimate of drug-likeness (QED) is 0.556. The van der Waals surface area contributed by atoms with Gasteiger partial charge in [0.25, 0.3) is 5.91 Å². The average Bonchev–Trinajstić information content (AvgIpc) is 3.06. The van der Waals surface area contributed by atoms with Crippen LogP contribution >= 0.6 is 0 Å². The first-order valence-corrected chi connectivity index (χ1v) is 7.33. The van der Waals surface area contributed by atoms with Crippen molar-refractivity contribution in [1.29, 1.82) is 0 Å². The van der Waals surface area contributed by atoms with E-state index in [1.165, 1.54) is 0 Å². The van der Waals surface area contributed by atoms with E-state index >= 15 is 0 Å². The number of oxazole rings is 1. The molecule has 0 spiro atoms. The summed E-state index contributed by atoms with van der Waals surface area (Å²) in [5, 5.41) is 8.68. The fourth-order valence-electron chi connectivity index (χ4n) is 2.35. The second-order valence-corrected chi connectivity index (χ2v) is 5.09. The molecule has 0 fully saturated rings. The molecule has 0 radical (unpaired) electrons. The molecule has 1 aromatic heterocycles. The van der Waals surface area contributed by atoms with E-state index in [1.54, 1.807) is 12.6 Å². The summed E-state index contributed by atoms with van der Waals surface area (Å²) in [5.41, 5.74) is 3.92. The van der Waals surface area contributed by atoms with Crippen molar-refractivity contribution in [2.24, 2.45) is 0 Å². The van der Waals surface area contributed by atoms with Crippen molar-refractivity contribution in [2.45, 2.75) is 6.42 Å². The molecular formula is C18H16N2O4. The maximum absolute atomic E-state index is 11.4. The molecular weight excluding hydrogens is 308 g/mol. The Morgan fingerprint density at radius 2 is 1.83 bits per heavy atom. The number of ether oxygens (including phenoxy) is 1. The zero-order valence-corrected chi connectivity index (χ0v) is 13.0. The number of benzene rings is 2. The normalized spacial score (nSPS) is 10.4. The van der Waals surface area contributed by atoms with Crippen LogP contribution in [0.15, 0.2) is 59.0 Å². The fourth-order valence-corrected chi connectivity index (χ4v) is 2.35. The zero-order valence-electron chi connectivity index (χ0n) is 13.0. The monoisotopic (exact) mass is 324 g/mol. The van der Waals surface area contributed by atoms with Crippen LogP contribution in [0.3, 0.4) is 0 Å². The van der Waals surface area contributed by atoms with Crippen LogP contribution in [-0.4, -0.2) is 23.2 Å². The number of hydrogen-bond donors (Lipinski definition) is 2. The number of hydrogen-bond acceptors (Lipinski definition) is 5. The fraction of sp³-hybridized carbons (Fsp3) is 0.111. The second-order valence-electron chi connectivity index (χ2n) is 5.09. The Bertz CT molecular complexity index is 826. The summed E-state index contributed by atoms with van der Waals surface area (Å²) >= 11 is 0. The molecule has 0 atom stereocenters. The van der Waals surface area contributed by atoms with Gasteiger partial charge in [0.1, 0.15) is 17.9 Å². The molecule has 6 heteroatoms. The number of carbonyl (C=O) groups is 1. The number of methoxy groups -OCH3 is 1. The Hall–Kier alpha value is -3.12. The molecule has 0 unspecified atom stereocenters. The number of rotatable bonds is 5. The lowest BCUT2D eigenvalue weighted by molar-refractivity contribution is -0.128. The minimum absolute atomic E-state index is 0.146. The van der Waals surface area contributed by atoms with E-state index < -0.39 is 5.91 Å². The van der Waals surface area contributed by atoms with Gasteiger partial charge in [-0.05, 0) is 24.3 Å². The number of nitrogens with zero attached hydrogens (tertiary/aromatic N) is 1. The molecule has 24 heavy (non-hydrogen) atoms. The molecule has 1 amide bonds. The smallest absolute Gasteiger partial charge is 0.252 e. The maximum Gasteiger partial charge on any atom is 0.252 e. The van der Waals surface area contributed by atoms with Crippen molar-refractivity contribution in [1.82, 2.24) is 10.5 Å². The number of nitrogens with one attached hydrogen (secondary N) is 1. The van der Waals surface area contributed by atoms with Crippen LogP contribution in [0.1, 0.15) is 5.89 Å². The van der Waals surface area contributed by atoms with Crippen LogP contribution in [0.2, 0.25) is 0 Å². The highest BCUT2D eigenvalue weighted by Gasteiger charge is 2.18. The lowest BCUT2D eigenvalue weighted by atomic mass is 10.1. The van der Waals surface area contributed by atoms with Gasteiger partial charge in [-0.2, -0.15) is 0 Å². The van der Waals surface area contributed by atoms with Crippen molar-refractivity contribution in [3.63, 3.8) is 0 Å². The molecule has 0 aliphatic rings. The van der Waals surface area contributed by atoms with Crippen molar-refractivity contribution < 1.29 is 19.2 Å². The average molecular weight is 324 g/mol. The first-order valence-electron chi connectivity index (χ1n) is 7.33. The third-order valence-corrected chi connectivity index (χ3v) is 3.51. The minimum Gasteiger partial charge on any atom is -0.497 e. The van der Waals surface area contributed by atoms with Crippen LogP contribution in [-0.2, 0) is 11.2 Å². The third-order valence-electron chi connectivity index (χ3n) is 3.51. The Morgan fingerprint density at radius 3 is 2.46 bits per heavy atom. The molecule has 3 rings (SSSR count). The number of hydroxylamine groups is 1. The topological polar surface area (TPSA) is 84.6 Å². The zero-order chi connectivity index (χ0) is 16.9. The highest BCUT2D eigenvalue weighted by Crippen LogP contribution is 2.33. The molecule has 0 saturated carbocycles. The Morgan fingerprint density at radius 1 is 1.12 bits per heavy atom. The largest absolute Gasteiger partial charge is 0.497 e. The van der Waals surface area contributed by atoms with Gasteiger partial charge in [0.05, 0.1) is 7.11 Å². The molecule has 0 bridgehead atoms. The van der Waals surface area contributed by atoms with Crippen LogP contribution in [0.25, 0.3) is 22.6 Å². The highest BCUT2D eigenvalue weighted by atomic mass is 16.5. The summed E-state index contributed by atoms with van der Waals surface area (Å²) in [6.07, 6.45) is -0.146. The Balaban J connectivity index is 2.06. The molecule has 0 aliphatic heterocycles. The summed E-state index contributed by atoms with van der Waals surface area (Å²) in [6.45, 7) is 0. The molecule has 6 nitrogen and oxygen atoms in total. The Kier molecular flexibility index (Phi) is 4.58. The minimum atomic E-state index is -0.586. The standard InChI is InChI=1S/C18H16N2O4/c1-23-14-9-7-13(8-10-14)18-17(12-5-3-2-4-6-12)19-16(24-18)11-15(21)20-22/h2-10,22H,11H2,1H3,(H,20,21). The first-order chi connectivity index (χ1) is 11.7. The van der Waals surface area contributed by atoms with Crippen LogP contribution in [0, 0.1) is 0 Å². The number of aromatic nitrogens is 1. The molecule has 122 valence electrons. The van der Waals surface area contributed by atoms with E-state index in [2.05, 4.69) is 4.98 Å². The molecule has 2 aromatic carbocycles. The molecule has 0 aliphatic carbocycles. The highest BCUT2D eigenvalue weighted by molar-refractivity contribution is 5.79. The number of carbonyl (C=O) groups excluding carboxylic acids is 1. The molecule has 2 N–H and O–H groups in total. The predicted octanol–water partition coefficient (Wildman–Crippen LogP) is 3.07. The van der Waals surface area contributed by atoms with E-state index in [4.69, 9.17) is 14.4 Å². The van der Waals surface area contributed by atoms with Crippen LogP contribution in [0.4, 0.5) is 0 Å². The van der Waals surface area contributed by atoms with Crippen LogP contribution in [0.5, 0.6) is 5.75 Å². The lowest BCUT2D eigenvalue weighted by Crippen LogP contribution is -2.20. The first kappa shape index (κ1) is 15.8. The van der Waals surface area contributed by atoms with Gasteiger partial charge in [0.15, 0.2) is 5.76 Å². The van der Waals surface area contributed by atoms with Gasteiger partial charge in [-0.1, -0.05) is 30.3 Å². The van der Waals surface area contributed by atoms with Crippen molar-refractivity contribution >= 4 is 5.91 Å². The molecule has 1 heterocycles. The van der Waals surface area contributed by atoms with Gasteiger partial charge in [-0.25, -0.2) is 10.5 Å². The second kappa shape index (κ2) is 6.97. The van der Waals surface area contributed by atoms with Crippen molar-refractivity contribution in [3.8, 4) is 28.3 Å². The van der Waals surface area contributed by atoms with E-state index in [1.807, 2.05) is 54.6 Å². The molecule has 3 aromatic rings. The predicted molar refractivity (Wildman–Crippen MR) is 87.6 cm³/mol. The summed E-state index contributed by atoms with van der Waals surface area (Å²) in [5.74, 6) is 0.937. The van der Waals surface area contributed by atoms with Crippen molar-refractivity contribution in [2.75, 3.05) is 7.11 Å². The number of amides is 1. The van der Waals surface area contributed by atoms with Crippen molar-refractivity contribution in [3.05, 3.63) is 60.5 Å². The van der Waals surface area contributed by atoms with Gasteiger partial charge in [0.2, 0.25) is 5.89 Å². The van der Waals surface area contributed by atoms with Gasteiger partial charge in [-0.3, -0.25) is 10.0 Å². The SMILES string of the molecule is COc1ccc(-c2oc(CC(=O)NO)nc2-c2ccccc2)cc1. The van der Waals surface area contributed by atoms with Crippen LogP contribution < -0.4 is 10.2 Å². The summed E-state index contributed by atoms with van der Waals surface area (Å²) in [6, 6.07) is 16.9. The van der Waals surface area contributed by atoms with Gasteiger partial charge < -0.3 is 9.15 Å². The Labute approximate surface area is 138 Å².